The second kappa shape index (κ2) is 6.48. The molecule has 1 aromatic heterocycles. The van der Waals surface area contributed by atoms with Gasteiger partial charge in [-0.15, -0.1) is 0 Å². The SMILES string of the molecule is CC=CC(=O)Nc1ccc(-n2nnn(CC(N)=O)c2=O)cc1. The second-order valence-electron chi connectivity index (χ2n) is 4.33. The highest BCUT2D eigenvalue weighted by molar-refractivity contribution is 5.99. The standard InChI is InChI=1S/C13H14N6O3/c1-2-3-12(21)15-9-4-6-10(7-5-9)19-13(22)18(16-17-19)8-11(14)20/h2-7H,8H2,1H3,(H2,14,20)(H,15,21). The van der Waals surface area contributed by atoms with Crippen molar-refractivity contribution in [2.75, 3.05) is 5.32 Å². The number of nitrogens with two attached hydrogens (primary N) is 1. The molecule has 0 bridgehead atoms. The second-order valence-corrected chi connectivity index (χ2v) is 4.33. The molecule has 0 fully saturated rings. The Bertz CT molecular complexity index is 772. The van der Waals surface area contributed by atoms with Crippen LogP contribution in [-0.4, -0.2) is 31.6 Å². The predicted octanol–water partition coefficient (Wildman–Crippen LogP) is -0.571. The van der Waals surface area contributed by atoms with Crippen molar-refractivity contribution in [3.8, 4) is 5.69 Å². The number of carbonyl (C=O) groups excluding carboxylic acids is 2. The number of anilines is 1. The number of nitrogens with one attached hydrogen (secondary N) is 1. The summed E-state index contributed by atoms with van der Waals surface area (Å²) < 4.78 is 1.89. The van der Waals surface area contributed by atoms with Crippen molar-refractivity contribution in [3.63, 3.8) is 0 Å². The van der Waals surface area contributed by atoms with E-state index in [0.29, 0.717) is 11.4 Å². The third kappa shape index (κ3) is 3.45. The molecule has 0 aliphatic heterocycles. The molecule has 1 heterocycles. The van der Waals surface area contributed by atoms with Crippen molar-refractivity contribution in [3.05, 3.63) is 46.9 Å². The third-order valence-electron chi connectivity index (χ3n) is 2.64. The van der Waals surface area contributed by atoms with Crippen molar-refractivity contribution in [2.45, 2.75) is 13.5 Å². The Kier molecular flexibility index (Phi) is 4.47. The van der Waals surface area contributed by atoms with Gasteiger partial charge in [-0.1, -0.05) is 6.08 Å². The molecular weight excluding hydrogens is 288 g/mol. The summed E-state index contributed by atoms with van der Waals surface area (Å²) in [6.45, 7) is 1.40. The minimum Gasteiger partial charge on any atom is -0.368 e. The van der Waals surface area contributed by atoms with E-state index in [9.17, 15) is 14.4 Å². The van der Waals surface area contributed by atoms with Crippen LogP contribution in [-0.2, 0) is 16.1 Å². The van der Waals surface area contributed by atoms with Gasteiger partial charge in [0, 0.05) is 5.69 Å². The highest BCUT2D eigenvalue weighted by Crippen LogP contribution is 2.11. The summed E-state index contributed by atoms with van der Waals surface area (Å²) in [5, 5.41) is 9.89. The van der Waals surface area contributed by atoms with Crippen molar-refractivity contribution < 1.29 is 9.59 Å². The van der Waals surface area contributed by atoms with Gasteiger partial charge in [0.05, 0.1) is 5.69 Å². The zero-order valence-corrected chi connectivity index (χ0v) is 11.8. The molecule has 114 valence electrons. The van der Waals surface area contributed by atoms with Gasteiger partial charge >= 0.3 is 5.69 Å². The smallest absolute Gasteiger partial charge is 0.368 e. The van der Waals surface area contributed by atoms with E-state index in [-0.39, 0.29) is 12.5 Å². The van der Waals surface area contributed by atoms with E-state index in [0.717, 1.165) is 9.36 Å². The van der Waals surface area contributed by atoms with Crippen LogP contribution in [0.25, 0.3) is 5.69 Å². The van der Waals surface area contributed by atoms with Crippen LogP contribution in [0.15, 0.2) is 41.2 Å². The normalized spacial score (nSPS) is 10.8. The Hall–Kier alpha value is -3.23. The van der Waals surface area contributed by atoms with Gasteiger partial charge in [0.2, 0.25) is 11.8 Å². The van der Waals surface area contributed by atoms with Crippen LogP contribution in [0.1, 0.15) is 6.92 Å². The minimum atomic E-state index is -0.684. The van der Waals surface area contributed by atoms with Gasteiger partial charge in [-0.3, -0.25) is 9.59 Å². The Labute approximate surface area is 125 Å². The Morgan fingerprint density at radius 1 is 1.27 bits per heavy atom. The van der Waals surface area contributed by atoms with Crippen LogP contribution in [0, 0.1) is 0 Å². The van der Waals surface area contributed by atoms with E-state index in [4.69, 9.17) is 5.73 Å². The summed E-state index contributed by atoms with van der Waals surface area (Å²) in [6.07, 6.45) is 3.02. The molecule has 0 radical (unpaired) electrons. The van der Waals surface area contributed by atoms with Gasteiger partial charge in [-0.05, 0) is 47.7 Å². The average Bonchev–Trinajstić information content (AvgIpc) is 2.81. The molecule has 2 amide bonds. The van der Waals surface area contributed by atoms with Crippen LogP contribution < -0.4 is 16.7 Å². The number of amides is 2. The van der Waals surface area contributed by atoms with Gasteiger partial charge < -0.3 is 11.1 Å². The number of hydrogen-bond donors (Lipinski definition) is 2. The monoisotopic (exact) mass is 302 g/mol. The molecule has 2 rings (SSSR count). The van der Waals surface area contributed by atoms with Gasteiger partial charge in [0.15, 0.2) is 0 Å². The lowest BCUT2D eigenvalue weighted by Crippen LogP contribution is -2.30. The van der Waals surface area contributed by atoms with Gasteiger partial charge in [-0.2, -0.15) is 9.36 Å². The van der Waals surface area contributed by atoms with Crippen molar-refractivity contribution in [1.29, 1.82) is 0 Å². The van der Waals surface area contributed by atoms with Crippen LogP contribution in [0.4, 0.5) is 5.69 Å². The highest BCUT2D eigenvalue weighted by Gasteiger charge is 2.10. The van der Waals surface area contributed by atoms with Crippen molar-refractivity contribution >= 4 is 17.5 Å². The fraction of sp³-hybridized carbons (Fsp3) is 0.154. The van der Waals surface area contributed by atoms with Crippen molar-refractivity contribution in [1.82, 2.24) is 19.8 Å². The minimum absolute atomic E-state index is 0.250. The topological polar surface area (TPSA) is 125 Å². The number of aromatic nitrogens is 4. The first-order valence-corrected chi connectivity index (χ1v) is 6.36. The van der Waals surface area contributed by atoms with E-state index in [1.54, 1.807) is 37.3 Å². The zero-order chi connectivity index (χ0) is 16.1. The van der Waals surface area contributed by atoms with Crippen LogP contribution >= 0.6 is 0 Å². The lowest BCUT2D eigenvalue weighted by atomic mass is 10.3. The summed E-state index contributed by atoms with van der Waals surface area (Å²) in [5.41, 5.74) is 5.45. The maximum absolute atomic E-state index is 12.0. The van der Waals surface area contributed by atoms with E-state index in [2.05, 4.69) is 15.7 Å². The van der Waals surface area contributed by atoms with Gasteiger partial charge in [-0.25, -0.2) is 4.79 Å². The fourth-order valence-electron chi connectivity index (χ4n) is 1.70. The molecule has 22 heavy (non-hydrogen) atoms. The molecule has 2 aromatic rings. The number of nitrogens with zero attached hydrogens (tertiary/aromatic N) is 4. The number of allylic oxidation sites excluding steroid dienone is 1. The zero-order valence-electron chi connectivity index (χ0n) is 11.8. The number of tetrazole rings is 1. The first-order chi connectivity index (χ1) is 10.5. The molecule has 0 saturated carbocycles. The molecule has 1 aromatic carbocycles. The molecule has 0 aliphatic rings. The molecule has 3 N–H and O–H groups in total. The number of primary amides is 1. The van der Waals surface area contributed by atoms with Crippen LogP contribution in [0.5, 0.6) is 0 Å². The molecule has 9 heteroatoms. The van der Waals surface area contributed by atoms with Crippen LogP contribution in [0.2, 0.25) is 0 Å². The van der Waals surface area contributed by atoms with E-state index in [1.807, 2.05) is 0 Å². The lowest BCUT2D eigenvalue weighted by Gasteiger charge is -2.03. The van der Waals surface area contributed by atoms with E-state index >= 15 is 0 Å². The molecule has 0 aliphatic carbocycles. The third-order valence-corrected chi connectivity index (χ3v) is 2.64. The summed E-state index contributed by atoms with van der Waals surface area (Å²) >= 11 is 0. The molecule has 0 spiro atoms. The Morgan fingerprint density at radius 3 is 2.55 bits per heavy atom. The highest BCUT2D eigenvalue weighted by atomic mass is 16.2. The number of rotatable bonds is 5. The average molecular weight is 302 g/mol. The summed E-state index contributed by atoms with van der Waals surface area (Å²) in [7, 11) is 0. The maximum Gasteiger partial charge on any atom is 0.368 e. The first-order valence-electron chi connectivity index (χ1n) is 6.36. The van der Waals surface area contributed by atoms with E-state index in [1.165, 1.54) is 6.08 Å². The Morgan fingerprint density at radius 2 is 1.95 bits per heavy atom. The van der Waals surface area contributed by atoms with Gasteiger partial charge in [0.1, 0.15) is 6.54 Å². The molecule has 0 saturated heterocycles. The largest absolute Gasteiger partial charge is 0.368 e. The van der Waals surface area contributed by atoms with Crippen molar-refractivity contribution in [2.24, 2.45) is 5.73 Å². The molecule has 0 unspecified atom stereocenters. The molecule has 9 nitrogen and oxygen atoms in total. The van der Waals surface area contributed by atoms with Crippen LogP contribution in [0.3, 0.4) is 0 Å². The quantitative estimate of drug-likeness (QED) is 0.715. The summed E-state index contributed by atoms with van der Waals surface area (Å²) in [5.74, 6) is -0.934. The molecular formula is C13H14N6O3. The van der Waals surface area contributed by atoms with Gasteiger partial charge in [0.25, 0.3) is 0 Å². The lowest BCUT2D eigenvalue weighted by molar-refractivity contribution is -0.118. The first kappa shape index (κ1) is 15.2. The molecule has 0 atom stereocenters. The predicted molar refractivity (Wildman–Crippen MR) is 78.3 cm³/mol. The number of benzene rings is 1. The van der Waals surface area contributed by atoms with E-state index < -0.39 is 11.6 Å². The summed E-state index contributed by atoms with van der Waals surface area (Å²) in [6, 6.07) is 6.43. The maximum atomic E-state index is 12.0. The Balaban J connectivity index is 2.21. The number of carbonyl (C=O) groups is 2. The summed E-state index contributed by atoms with van der Waals surface area (Å²) in [4.78, 5) is 34.2. The number of hydrogen-bond acceptors (Lipinski definition) is 5. The fourth-order valence-corrected chi connectivity index (χ4v) is 1.70.